The molecule has 1 aromatic heterocycles. The maximum atomic E-state index is 12.1. The Bertz CT molecular complexity index is 961. The highest BCUT2D eigenvalue weighted by Gasteiger charge is 2.20. The second kappa shape index (κ2) is 14.7. The molecule has 1 amide bonds. The van der Waals surface area contributed by atoms with Gasteiger partial charge in [0.2, 0.25) is 0 Å². The number of nitrogen functional groups attached to an aromatic ring is 1. The Morgan fingerprint density at radius 1 is 1.09 bits per heavy atom. The molecule has 2 atom stereocenters. The van der Waals surface area contributed by atoms with Crippen LogP contribution in [-0.2, 0) is 11.2 Å². The van der Waals surface area contributed by atoms with E-state index in [-0.39, 0.29) is 37.1 Å². The largest absolute Gasteiger partial charge is 0.491 e. The summed E-state index contributed by atoms with van der Waals surface area (Å²) in [5.74, 6) is 0.170. The Kier molecular flexibility index (Phi) is 12.7. The molecule has 0 saturated heterocycles. The first-order valence-corrected chi connectivity index (χ1v) is 10.7. The maximum absolute atomic E-state index is 12.1. The molecule has 0 radical (unpaired) electrons. The van der Waals surface area contributed by atoms with E-state index in [2.05, 4.69) is 15.6 Å². The molecule has 180 valence electrons. The Balaban J connectivity index is 0.00000272. The van der Waals surface area contributed by atoms with E-state index < -0.39 is 18.1 Å². The second-order valence-corrected chi connectivity index (χ2v) is 7.82. The van der Waals surface area contributed by atoms with E-state index in [0.29, 0.717) is 23.9 Å². The number of amides is 1. The summed E-state index contributed by atoms with van der Waals surface area (Å²) in [6.45, 7) is 1.35. The smallest absolute Gasteiger partial charge is 0.259 e. The van der Waals surface area contributed by atoms with Crippen LogP contribution < -0.4 is 21.1 Å². The van der Waals surface area contributed by atoms with Gasteiger partial charge in [0.15, 0.2) is 11.2 Å². The van der Waals surface area contributed by atoms with Crippen molar-refractivity contribution < 1.29 is 19.7 Å². The van der Waals surface area contributed by atoms with Crippen LogP contribution in [0.1, 0.15) is 17.4 Å². The van der Waals surface area contributed by atoms with Crippen LogP contribution in [0.4, 0.5) is 10.8 Å². The standard InChI is InChI=1S/C22H26N4O4S.2ClH/c23-22-26-19(14-31-22)20(28)21(29)25-16-8-6-15(7-9-16)10-11-24-12-17(27)13-30-18-4-2-1-3-5-18;;/h1-9,14,17,20,24,27-28H,10-13H2,(H2,23,26)(H,25,29);2*1H. The van der Waals surface area contributed by atoms with Crippen LogP contribution in [0.2, 0.25) is 0 Å². The van der Waals surface area contributed by atoms with Gasteiger partial charge in [0, 0.05) is 17.6 Å². The monoisotopic (exact) mass is 514 g/mol. The van der Waals surface area contributed by atoms with Crippen molar-refractivity contribution >= 4 is 52.9 Å². The number of ether oxygens (including phenoxy) is 1. The van der Waals surface area contributed by atoms with Gasteiger partial charge >= 0.3 is 0 Å². The number of halogens is 2. The van der Waals surface area contributed by atoms with Crippen molar-refractivity contribution in [3.63, 3.8) is 0 Å². The topological polar surface area (TPSA) is 130 Å². The van der Waals surface area contributed by atoms with Gasteiger partial charge in [-0.05, 0) is 42.8 Å². The molecule has 11 heteroatoms. The lowest BCUT2D eigenvalue weighted by molar-refractivity contribution is -0.124. The van der Waals surface area contributed by atoms with Crippen LogP contribution in [0.5, 0.6) is 5.75 Å². The number of carbonyl (C=O) groups is 1. The van der Waals surface area contributed by atoms with Gasteiger partial charge in [-0.25, -0.2) is 4.98 Å². The van der Waals surface area contributed by atoms with Crippen molar-refractivity contribution in [3.8, 4) is 5.75 Å². The van der Waals surface area contributed by atoms with Crippen LogP contribution in [-0.4, -0.2) is 46.9 Å². The molecule has 0 aliphatic carbocycles. The van der Waals surface area contributed by atoms with Crippen molar-refractivity contribution in [2.75, 3.05) is 30.7 Å². The number of hydrogen-bond acceptors (Lipinski definition) is 8. The predicted octanol–water partition coefficient (Wildman–Crippen LogP) is 2.81. The molecule has 0 fully saturated rings. The number of nitrogens with one attached hydrogen (secondary N) is 2. The second-order valence-electron chi connectivity index (χ2n) is 6.93. The zero-order valence-corrected chi connectivity index (χ0v) is 20.2. The fourth-order valence-corrected chi connectivity index (χ4v) is 3.38. The van der Waals surface area contributed by atoms with Gasteiger partial charge in [-0.15, -0.1) is 36.2 Å². The first-order chi connectivity index (χ1) is 15.0. The highest BCUT2D eigenvalue weighted by atomic mass is 35.5. The molecule has 8 nitrogen and oxygen atoms in total. The number of anilines is 2. The van der Waals surface area contributed by atoms with E-state index in [9.17, 15) is 15.0 Å². The van der Waals surface area contributed by atoms with Gasteiger partial charge in [0.25, 0.3) is 5.91 Å². The van der Waals surface area contributed by atoms with Crippen LogP contribution in [0.15, 0.2) is 60.0 Å². The average molecular weight is 515 g/mol. The van der Waals surface area contributed by atoms with Crippen LogP contribution in [0.25, 0.3) is 0 Å². The highest BCUT2D eigenvalue weighted by Crippen LogP contribution is 2.20. The number of aromatic nitrogens is 1. The lowest BCUT2D eigenvalue weighted by atomic mass is 10.1. The molecule has 0 aliphatic rings. The number of nitrogens with two attached hydrogens (primary N) is 1. The summed E-state index contributed by atoms with van der Waals surface area (Å²) >= 11 is 1.17. The zero-order valence-electron chi connectivity index (χ0n) is 17.7. The van der Waals surface area contributed by atoms with E-state index in [4.69, 9.17) is 10.5 Å². The summed E-state index contributed by atoms with van der Waals surface area (Å²) < 4.78 is 5.52. The minimum Gasteiger partial charge on any atom is -0.491 e. The Labute approximate surface area is 209 Å². The number of thiazole rings is 1. The van der Waals surface area contributed by atoms with Crippen molar-refractivity contribution in [1.29, 1.82) is 0 Å². The number of aliphatic hydroxyl groups is 2. The van der Waals surface area contributed by atoms with Crippen LogP contribution in [0, 0.1) is 0 Å². The van der Waals surface area contributed by atoms with Gasteiger partial charge in [0.05, 0.1) is 5.69 Å². The number of hydrogen-bond donors (Lipinski definition) is 5. The van der Waals surface area contributed by atoms with E-state index >= 15 is 0 Å². The summed E-state index contributed by atoms with van der Waals surface area (Å²) in [6, 6.07) is 16.7. The summed E-state index contributed by atoms with van der Waals surface area (Å²) in [6.07, 6.45) is -1.20. The normalized spacial score (nSPS) is 12.1. The van der Waals surface area contributed by atoms with E-state index in [1.165, 1.54) is 11.3 Å². The number of aliphatic hydroxyl groups excluding tert-OH is 2. The minimum absolute atomic E-state index is 0. The zero-order chi connectivity index (χ0) is 22.1. The molecule has 3 rings (SSSR count). The number of carbonyl (C=O) groups excluding carboxylic acids is 1. The van der Waals surface area contributed by atoms with Gasteiger partial charge in [-0.1, -0.05) is 30.3 Å². The fourth-order valence-electron chi connectivity index (χ4n) is 2.80. The summed E-state index contributed by atoms with van der Waals surface area (Å²) in [5, 5.41) is 27.8. The third kappa shape index (κ3) is 9.55. The number of para-hydroxylation sites is 1. The van der Waals surface area contributed by atoms with E-state index in [0.717, 1.165) is 17.7 Å². The molecule has 0 bridgehead atoms. The molecule has 0 saturated carbocycles. The van der Waals surface area contributed by atoms with Crippen molar-refractivity contribution in [2.45, 2.75) is 18.6 Å². The average Bonchev–Trinajstić information content (AvgIpc) is 3.22. The Morgan fingerprint density at radius 2 is 1.79 bits per heavy atom. The first kappa shape index (κ1) is 28.6. The molecule has 2 unspecified atom stereocenters. The number of benzene rings is 2. The van der Waals surface area contributed by atoms with Crippen molar-refractivity contribution in [1.82, 2.24) is 10.3 Å². The maximum Gasteiger partial charge on any atom is 0.259 e. The Hall–Kier alpha value is -2.40. The minimum atomic E-state index is -1.37. The van der Waals surface area contributed by atoms with Gasteiger partial charge in [-0.3, -0.25) is 4.79 Å². The molecular formula is C22H28Cl2N4O4S. The molecule has 33 heavy (non-hydrogen) atoms. The number of nitrogens with zero attached hydrogens (tertiary/aromatic N) is 1. The van der Waals surface area contributed by atoms with Crippen LogP contribution in [0.3, 0.4) is 0 Å². The fraction of sp³-hybridized carbons (Fsp3) is 0.273. The van der Waals surface area contributed by atoms with Crippen molar-refractivity contribution in [3.05, 3.63) is 71.2 Å². The molecule has 0 aliphatic heterocycles. The molecular weight excluding hydrogens is 487 g/mol. The summed E-state index contributed by atoms with van der Waals surface area (Å²) in [5.41, 5.74) is 7.42. The third-order valence-electron chi connectivity index (χ3n) is 4.45. The molecule has 1 heterocycles. The Morgan fingerprint density at radius 3 is 2.42 bits per heavy atom. The van der Waals surface area contributed by atoms with Gasteiger partial charge in [-0.2, -0.15) is 0 Å². The van der Waals surface area contributed by atoms with Crippen molar-refractivity contribution in [2.24, 2.45) is 0 Å². The number of rotatable bonds is 11. The summed E-state index contributed by atoms with van der Waals surface area (Å²) in [4.78, 5) is 16.1. The highest BCUT2D eigenvalue weighted by molar-refractivity contribution is 7.13. The SMILES string of the molecule is Cl.Cl.Nc1nc(C(O)C(=O)Nc2ccc(CCNCC(O)COc3ccccc3)cc2)cs1. The molecule has 3 aromatic rings. The lowest BCUT2D eigenvalue weighted by Crippen LogP contribution is -2.32. The lowest BCUT2D eigenvalue weighted by Gasteiger charge is -2.13. The van der Waals surface area contributed by atoms with Gasteiger partial charge < -0.3 is 31.3 Å². The summed E-state index contributed by atoms with van der Waals surface area (Å²) in [7, 11) is 0. The third-order valence-corrected chi connectivity index (χ3v) is 5.14. The van der Waals surface area contributed by atoms with E-state index in [1.54, 1.807) is 17.5 Å². The predicted molar refractivity (Wildman–Crippen MR) is 136 cm³/mol. The van der Waals surface area contributed by atoms with E-state index in [1.807, 2.05) is 42.5 Å². The molecule has 0 spiro atoms. The molecule has 2 aromatic carbocycles. The molecule has 6 N–H and O–H groups in total. The first-order valence-electron chi connectivity index (χ1n) is 9.86. The van der Waals surface area contributed by atoms with Crippen LogP contribution >= 0.6 is 36.2 Å². The quantitative estimate of drug-likeness (QED) is 0.248. The van der Waals surface area contributed by atoms with Gasteiger partial charge in [0.1, 0.15) is 18.5 Å².